The van der Waals surface area contributed by atoms with E-state index in [1.165, 1.54) is 6.92 Å². The van der Waals surface area contributed by atoms with Crippen molar-refractivity contribution in [3.05, 3.63) is 34.4 Å². The number of hydrogen-bond donors (Lipinski definition) is 0. The quantitative estimate of drug-likeness (QED) is 0.779. The molecule has 0 spiro atoms. The first-order chi connectivity index (χ1) is 8.72. The zero-order chi connectivity index (χ0) is 14.8. The summed E-state index contributed by atoms with van der Waals surface area (Å²) >= 11 is 0. The zero-order valence-corrected chi connectivity index (χ0v) is 10.4. The van der Waals surface area contributed by atoms with Gasteiger partial charge in [0.25, 0.3) is 0 Å². The number of esters is 2. The van der Waals surface area contributed by atoms with E-state index in [-0.39, 0.29) is 11.1 Å². The summed E-state index contributed by atoms with van der Waals surface area (Å²) in [5, 5.41) is 0. The number of hydrogen-bond acceptors (Lipinski definition) is 4. The molecule has 104 valence electrons. The van der Waals surface area contributed by atoms with Crippen LogP contribution < -0.4 is 0 Å². The fraction of sp³-hybridized carbons (Fsp3) is 0.333. The number of halogens is 3. The van der Waals surface area contributed by atoms with Crippen LogP contribution in [0.1, 0.15) is 31.8 Å². The van der Waals surface area contributed by atoms with Crippen molar-refractivity contribution in [1.82, 2.24) is 0 Å². The van der Waals surface area contributed by atoms with Crippen molar-refractivity contribution in [3.63, 3.8) is 0 Å². The number of benzene rings is 1. The molecule has 0 saturated carbocycles. The minimum atomic E-state index is -4.72. The molecule has 0 radical (unpaired) electrons. The Bertz CT molecular complexity index is 520. The molecule has 0 amide bonds. The maximum Gasteiger partial charge on any atom is 0.417 e. The second-order valence-electron chi connectivity index (χ2n) is 3.69. The van der Waals surface area contributed by atoms with Gasteiger partial charge in [-0.3, -0.25) is 0 Å². The standard InChI is InChI=1S/C12H11F3O4/c1-6-4-9(12(13,14)15)8(11(17)19-3)5-7(6)10(16)18-2/h4-5H,1-3H3. The number of carbonyl (C=O) groups excluding carboxylic acids is 2. The molecule has 1 aromatic carbocycles. The molecule has 0 N–H and O–H groups in total. The lowest BCUT2D eigenvalue weighted by Crippen LogP contribution is -2.17. The summed E-state index contributed by atoms with van der Waals surface area (Å²) < 4.78 is 47.2. The Morgan fingerprint density at radius 1 is 1.00 bits per heavy atom. The van der Waals surface area contributed by atoms with E-state index >= 15 is 0 Å². The minimum absolute atomic E-state index is 0.0619. The zero-order valence-electron chi connectivity index (χ0n) is 10.4. The third kappa shape index (κ3) is 3.04. The summed E-state index contributed by atoms with van der Waals surface area (Å²) in [6.45, 7) is 1.32. The largest absolute Gasteiger partial charge is 0.465 e. The van der Waals surface area contributed by atoms with Crippen molar-refractivity contribution in [2.24, 2.45) is 0 Å². The minimum Gasteiger partial charge on any atom is -0.465 e. The van der Waals surface area contributed by atoms with Gasteiger partial charge in [0.05, 0.1) is 30.9 Å². The first kappa shape index (κ1) is 15.0. The number of methoxy groups -OCH3 is 2. The van der Waals surface area contributed by atoms with Crippen LogP contribution in [0.15, 0.2) is 12.1 Å². The predicted octanol–water partition coefficient (Wildman–Crippen LogP) is 2.59. The first-order valence-electron chi connectivity index (χ1n) is 5.10. The normalized spacial score (nSPS) is 11.1. The van der Waals surface area contributed by atoms with E-state index in [9.17, 15) is 22.8 Å². The van der Waals surface area contributed by atoms with Crippen LogP contribution in [0, 0.1) is 6.92 Å². The summed E-state index contributed by atoms with van der Waals surface area (Å²) in [5.41, 5.74) is -1.92. The number of rotatable bonds is 2. The van der Waals surface area contributed by atoms with Gasteiger partial charge in [-0.05, 0) is 24.6 Å². The maximum atomic E-state index is 12.8. The average Bonchev–Trinajstić information content (AvgIpc) is 2.35. The third-order valence-corrected chi connectivity index (χ3v) is 2.48. The van der Waals surface area contributed by atoms with Crippen LogP contribution in [0.3, 0.4) is 0 Å². The monoisotopic (exact) mass is 276 g/mol. The molecule has 0 fully saturated rings. The summed E-state index contributed by atoms with van der Waals surface area (Å²) in [6.07, 6.45) is -4.72. The average molecular weight is 276 g/mol. The molecule has 0 heterocycles. The van der Waals surface area contributed by atoms with Gasteiger partial charge < -0.3 is 9.47 Å². The highest BCUT2D eigenvalue weighted by Gasteiger charge is 2.36. The lowest BCUT2D eigenvalue weighted by Gasteiger charge is -2.14. The van der Waals surface area contributed by atoms with E-state index < -0.39 is 29.2 Å². The van der Waals surface area contributed by atoms with Gasteiger partial charge in [0.2, 0.25) is 0 Å². The Balaban J connectivity index is 3.55. The van der Waals surface area contributed by atoms with Gasteiger partial charge in [-0.1, -0.05) is 0 Å². The molecule has 0 aliphatic rings. The van der Waals surface area contributed by atoms with Gasteiger partial charge >= 0.3 is 18.1 Å². The number of alkyl halides is 3. The molecule has 0 atom stereocenters. The van der Waals surface area contributed by atoms with Crippen LogP contribution >= 0.6 is 0 Å². The Morgan fingerprint density at radius 2 is 1.47 bits per heavy atom. The van der Waals surface area contributed by atoms with Crippen molar-refractivity contribution in [2.45, 2.75) is 13.1 Å². The molecule has 19 heavy (non-hydrogen) atoms. The van der Waals surface area contributed by atoms with Gasteiger partial charge in [-0.15, -0.1) is 0 Å². The van der Waals surface area contributed by atoms with Gasteiger partial charge in [0, 0.05) is 0 Å². The highest BCUT2D eigenvalue weighted by molar-refractivity contribution is 5.97. The Hall–Kier alpha value is -2.05. The van der Waals surface area contributed by atoms with Gasteiger partial charge in [-0.2, -0.15) is 13.2 Å². The molecule has 4 nitrogen and oxygen atoms in total. The van der Waals surface area contributed by atoms with Crippen LogP contribution in [-0.2, 0) is 15.7 Å². The Kier molecular flexibility index (Phi) is 4.18. The summed E-state index contributed by atoms with van der Waals surface area (Å²) in [7, 11) is 2.05. The lowest BCUT2D eigenvalue weighted by molar-refractivity contribution is -0.138. The fourth-order valence-corrected chi connectivity index (χ4v) is 1.55. The topological polar surface area (TPSA) is 52.6 Å². The van der Waals surface area contributed by atoms with Crippen LogP contribution in [0.5, 0.6) is 0 Å². The maximum absolute atomic E-state index is 12.8. The van der Waals surface area contributed by atoms with Gasteiger partial charge in [0.1, 0.15) is 0 Å². The molecule has 1 aromatic rings. The molecule has 0 aliphatic heterocycles. The first-order valence-corrected chi connectivity index (χ1v) is 5.10. The van der Waals surface area contributed by atoms with Crippen molar-refractivity contribution >= 4 is 11.9 Å². The second-order valence-corrected chi connectivity index (χ2v) is 3.69. The van der Waals surface area contributed by atoms with Crippen molar-refractivity contribution in [3.8, 4) is 0 Å². The van der Waals surface area contributed by atoms with Crippen molar-refractivity contribution in [2.75, 3.05) is 14.2 Å². The van der Waals surface area contributed by atoms with Crippen LogP contribution in [-0.4, -0.2) is 26.2 Å². The van der Waals surface area contributed by atoms with E-state index in [2.05, 4.69) is 9.47 Å². The summed E-state index contributed by atoms with van der Waals surface area (Å²) in [4.78, 5) is 22.8. The molecular weight excluding hydrogens is 265 g/mol. The summed E-state index contributed by atoms with van der Waals surface area (Å²) in [6, 6.07) is 1.55. The molecule has 0 aliphatic carbocycles. The lowest BCUT2D eigenvalue weighted by atomic mass is 9.98. The number of ether oxygens (including phenoxy) is 2. The third-order valence-electron chi connectivity index (χ3n) is 2.48. The smallest absolute Gasteiger partial charge is 0.417 e. The number of aryl methyl sites for hydroxylation is 1. The summed E-state index contributed by atoms with van der Waals surface area (Å²) in [5.74, 6) is -1.99. The molecule has 0 saturated heterocycles. The highest BCUT2D eigenvalue weighted by atomic mass is 19.4. The molecule has 0 unspecified atom stereocenters. The predicted molar refractivity (Wildman–Crippen MR) is 58.9 cm³/mol. The molecule has 0 aromatic heterocycles. The SMILES string of the molecule is COC(=O)c1cc(C(=O)OC)c(C(F)(F)F)cc1C. The van der Waals surface area contributed by atoms with Gasteiger partial charge in [0.15, 0.2) is 0 Å². The molecular formula is C12H11F3O4. The van der Waals surface area contributed by atoms with Gasteiger partial charge in [-0.25, -0.2) is 9.59 Å². The Morgan fingerprint density at radius 3 is 1.89 bits per heavy atom. The molecule has 7 heteroatoms. The van der Waals surface area contributed by atoms with E-state index in [1.807, 2.05) is 0 Å². The second kappa shape index (κ2) is 5.29. The fourth-order valence-electron chi connectivity index (χ4n) is 1.55. The molecule has 0 bridgehead atoms. The van der Waals surface area contributed by atoms with Crippen molar-refractivity contribution < 1.29 is 32.2 Å². The highest BCUT2D eigenvalue weighted by Crippen LogP contribution is 2.34. The Labute approximate surface area is 107 Å². The van der Waals surface area contributed by atoms with Crippen LogP contribution in [0.4, 0.5) is 13.2 Å². The van der Waals surface area contributed by atoms with E-state index in [0.29, 0.717) is 0 Å². The van der Waals surface area contributed by atoms with Crippen LogP contribution in [0.2, 0.25) is 0 Å². The van der Waals surface area contributed by atoms with Crippen LogP contribution in [0.25, 0.3) is 0 Å². The van der Waals surface area contributed by atoms with E-state index in [0.717, 1.165) is 26.4 Å². The van der Waals surface area contributed by atoms with E-state index in [1.54, 1.807) is 0 Å². The van der Waals surface area contributed by atoms with E-state index in [4.69, 9.17) is 0 Å². The number of carbonyl (C=O) groups is 2. The van der Waals surface area contributed by atoms with Crippen molar-refractivity contribution in [1.29, 1.82) is 0 Å². The molecule has 1 rings (SSSR count).